The normalized spacial score (nSPS) is 15.0. The van der Waals surface area contributed by atoms with Crippen LogP contribution in [0.25, 0.3) is 11.1 Å². The van der Waals surface area contributed by atoms with Gasteiger partial charge in [0.2, 0.25) is 17.7 Å². The number of fused-ring (bicyclic) bond motifs is 1. The minimum atomic E-state index is -1.02. The molecule has 514 valence electrons. The van der Waals surface area contributed by atoms with Gasteiger partial charge in [0.1, 0.15) is 11.9 Å². The zero-order valence-corrected chi connectivity index (χ0v) is 54.6. The fraction of sp³-hybridized carbons (Fsp3) is 0.561. The summed E-state index contributed by atoms with van der Waals surface area (Å²) in [4.78, 5) is 102. The molecule has 2 saturated heterocycles. The summed E-state index contributed by atoms with van der Waals surface area (Å²) in [5.74, 6) is -1.81. The van der Waals surface area contributed by atoms with E-state index in [4.69, 9.17) is 57.8 Å². The number of imide groups is 2. The average molecular weight is 1310 g/mol. The highest BCUT2D eigenvalue weighted by Crippen LogP contribution is 2.33. The molecule has 0 saturated carbocycles. The minimum Gasteiger partial charge on any atom is -0.382 e. The number of piperidine rings is 1. The van der Waals surface area contributed by atoms with Crippen molar-refractivity contribution in [3.8, 4) is 11.1 Å². The van der Waals surface area contributed by atoms with Crippen molar-refractivity contribution in [1.29, 1.82) is 5.41 Å². The van der Waals surface area contributed by atoms with E-state index in [1.54, 1.807) is 30.5 Å². The number of aromatic amines is 1. The Labute approximate surface area is 548 Å². The Morgan fingerprint density at radius 3 is 1.77 bits per heavy atom. The van der Waals surface area contributed by atoms with Crippen molar-refractivity contribution in [2.24, 2.45) is 0 Å². The molecule has 1 unspecified atom stereocenters. The number of amides is 6. The summed E-state index contributed by atoms with van der Waals surface area (Å²) in [5.41, 5.74) is 5.66. The third kappa shape index (κ3) is 24.0. The Morgan fingerprint density at radius 2 is 1.23 bits per heavy atom. The molecule has 1 atom stereocenters. The lowest BCUT2D eigenvalue weighted by Crippen LogP contribution is -2.54. The van der Waals surface area contributed by atoms with Crippen molar-refractivity contribution in [1.82, 2.24) is 35.7 Å². The molecule has 0 bridgehead atoms. The van der Waals surface area contributed by atoms with Crippen LogP contribution in [-0.4, -0.2) is 251 Å². The quantitative estimate of drug-likeness (QED) is 0.0190. The highest BCUT2D eigenvalue weighted by atomic mass is 16.6. The van der Waals surface area contributed by atoms with E-state index in [0.29, 0.717) is 173 Å². The van der Waals surface area contributed by atoms with Gasteiger partial charge in [0.25, 0.3) is 23.3 Å². The zero-order valence-electron chi connectivity index (χ0n) is 54.6. The standard InChI is InChI=1S/C66H93N11O17/c1-46(2)72-56-42-50(41-52(53(56)43-67)62(80)71-45-54-47(3)40-48(4)73-63(54)81)49-8-10-58(70-44-49)76-18-16-75(17-19-76)15-13-69-59(78)12-20-85-22-24-87-26-28-89-30-32-91-34-36-93-38-39-94-37-35-92-33-31-90-29-27-88-25-23-86-21-14-68-55-7-5-6-51-61(55)66(84)77(65(51)83)57-9-11-60(79)74-64(57)82/h5-8,10,40-44,46,57,67-68,72H,9,11-39,45H2,1-4H3,(H,69,78)(H,71,80)(H,73,81)(H,74,79,82). The molecule has 3 aliphatic heterocycles. The van der Waals surface area contributed by atoms with Crippen LogP contribution >= 0.6 is 0 Å². The lowest BCUT2D eigenvalue weighted by Gasteiger charge is -2.35. The third-order valence-corrected chi connectivity index (χ3v) is 15.3. The predicted octanol–water partition coefficient (Wildman–Crippen LogP) is 3.11. The van der Waals surface area contributed by atoms with Gasteiger partial charge >= 0.3 is 0 Å². The smallest absolute Gasteiger partial charge is 0.264 e. The summed E-state index contributed by atoms with van der Waals surface area (Å²) in [6.07, 6.45) is 3.39. The highest BCUT2D eigenvalue weighted by molar-refractivity contribution is 6.25. The molecule has 0 spiro atoms. The Hall–Kier alpha value is -7.61. The number of aromatic nitrogens is 2. The molecular weight excluding hydrogens is 1220 g/mol. The number of aryl methyl sites for hydroxylation is 2. The van der Waals surface area contributed by atoms with Crippen molar-refractivity contribution < 1.29 is 76.1 Å². The van der Waals surface area contributed by atoms with Crippen molar-refractivity contribution in [2.45, 2.75) is 65.6 Å². The number of rotatable bonds is 46. The largest absolute Gasteiger partial charge is 0.382 e. The van der Waals surface area contributed by atoms with Gasteiger partial charge < -0.3 is 83.9 Å². The number of carbonyl (C=O) groups excluding carboxylic acids is 6. The molecule has 2 aromatic carbocycles. The first-order valence-corrected chi connectivity index (χ1v) is 32.2. The fourth-order valence-electron chi connectivity index (χ4n) is 10.5. The van der Waals surface area contributed by atoms with Gasteiger partial charge in [0.15, 0.2) is 0 Å². The maximum atomic E-state index is 13.7. The second-order valence-electron chi connectivity index (χ2n) is 22.6. The number of ether oxygens (including phenoxy) is 10. The SMILES string of the molecule is Cc1cc(C)c(CNC(=O)c2cc(-c3ccc(N4CCN(CCNC(=O)CCOCCOCCOCCOCCOCCOCCOCCOCCOCCOCCNc5cccc6c5C(=O)N(C5CCC(=O)NC5=O)C6=O)CC4)nc3)cc(NC(C)C)c2C=N)c(=O)[nH]1. The average Bonchev–Trinajstić information content (AvgIpc) is 1.58. The number of carbonyl (C=O) groups is 6. The maximum absolute atomic E-state index is 13.7. The van der Waals surface area contributed by atoms with Gasteiger partial charge in [-0.05, 0) is 87.7 Å². The monoisotopic (exact) mass is 1310 g/mol. The number of nitrogens with one attached hydrogen (secondary N) is 7. The van der Waals surface area contributed by atoms with Gasteiger partial charge in [-0.15, -0.1) is 0 Å². The summed E-state index contributed by atoms with van der Waals surface area (Å²) in [7, 11) is 0. The number of hydrogen-bond donors (Lipinski definition) is 7. The summed E-state index contributed by atoms with van der Waals surface area (Å²) in [6, 6.07) is 13.5. The van der Waals surface area contributed by atoms with Crippen molar-refractivity contribution >= 4 is 58.9 Å². The van der Waals surface area contributed by atoms with Crippen LogP contribution in [0.15, 0.2) is 59.5 Å². The van der Waals surface area contributed by atoms with Crippen LogP contribution in [0.5, 0.6) is 0 Å². The molecule has 5 heterocycles. The second kappa shape index (κ2) is 40.6. The van der Waals surface area contributed by atoms with Crippen molar-refractivity contribution in [2.75, 3.05) is 193 Å². The number of anilines is 3. The summed E-state index contributed by atoms with van der Waals surface area (Å²) in [6.45, 7) is 20.7. The maximum Gasteiger partial charge on any atom is 0.264 e. The van der Waals surface area contributed by atoms with Crippen molar-refractivity contribution in [3.63, 3.8) is 0 Å². The highest BCUT2D eigenvalue weighted by Gasteiger charge is 2.45. The molecule has 2 fully saturated rings. The van der Waals surface area contributed by atoms with Crippen LogP contribution in [-0.2, 0) is 68.3 Å². The van der Waals surface area contributed by atoms with Crippen LogP contribution in [0.1, 0.15) is 86.6 Å². The minimum absolute atomic E-state index is 0.0435. The number of hydrogen-bond acceptors (Lipinski definition) is 23. The summed E-state index contributed by atoms with van der Waals surface area (Å²) >= 11 is 0. The molecule has 94 heavy (non-hydrogen) atoms. The molecule has 0 aliphatic carbocycles. The number of benzene rings is 2. The molecule has 3 aliphatic rings. The first-order chi connectivity index (χ1) is 45.7. The van der Waals surface area contributed by atoms with Gasteiger partial charge in [-0.2, -0.15) is 0 Å². The second-order valence-corrected chi connectivity index (χ2v) is 22.6. The van der Waals surface area contributed by atoms with Gasteiger partial charge in [0, 0.05) is 117 Å². The van der Waals surface area contributed by atoms with E-state index in [9.17, 15) is 33.6 Å². The van der Waals surface area contributed by atoms with Crippen LogP contribution in [0.4, 0.5) is 17.2 Å². The number of H-pyrrole nitrogens is 1. The van der Waals surface area contributed by atoms with E-state index in [1.165, 1.54) is 6.21 Å². The first kappa shape index (κ1) is 73.8. The van der Waals surface area contributed by atoms with Gasteiger partial charge in [-0.25, -0.2) is 4.98 Å². The molecule has 0 radical (unpaired) electrons. The van der Waals surface area contributed by atoms with E-state index in [2.05, 4.69) is 41.4 Å². The lowest BCUT2D eigenvalue weighted by molar-refractivity contribution is -0.136. The summed E-state index contributed by atoms with van der Waals surface area (Å²) in [5, 5.41) is 22.8. The van der Waals surface area contributed by atoms with Crippen LogP contribution in [0, 0.1) is 19.3 Å². The summed E-state index contributed by atoms with van der Waals surface area (Å²) < 4.78 is 55.6. The molecule has 4 aromatic rings. The number of piperazine rings is 1. The predicted molar refractivity (Wildman–Crippen MR) is 350 cm³/mol. The Bertz CT molecular complexity index is 3140. The Balaban J connectivity index is 0.588. The molecule has 2 aromatic heterocycles. The zero-order chi connectivity index (χ0) is 66.9. The number of pyridine rings is 2. The van der Waals surface area contributed by atoms with Gasteiger partial charge in [0.05, 0.1) is 149 Å². The molecular formula is C66H93N11O17. The molecule has 28 heteroatoms. The van der Waals surface area contributed by atoms with E-state index < -0.39 is 35.6 Å². The first-order valence-electron chi connectivity index (χ1n) is 32.2. The molecule has 7 N–H and O–H groups in total. The lowest BCUT2D eigenvalue weighted by atomic mass is 9.97. The van der Waals surface area contributed by atoms with Crippen LogP contribution in [0.2, 0.25) is 0 Å². The van der Waals surface area contributed by atoms with Crippen LogP contribution < -0.4 is 37.0 Å². The van der Waals surface area contributed by atoms with Gasteiger partial charge in [-0.3, -0.25) is 48.7 Å². The van der Waals surface area contributed by atoms with E-state index in [-0.39, 0.29) is 54.4 Å². The molecule has 7 rings (SSSR count). The Morgan fingerprint density at radius 1 is 0.660 bits per heavy atom. The third-order valence-electron chi connectivity index (χ3n) is 15.3. The van der Waals surface area contributed by atoms with E-state index in [1.807, 2.05) is 52.0 Å². The molecule has 28 nitrogen and oxygen atoms in total. The van der Waals surface area contributed by atoms with E-state index >= 15 is 0 Å². The van der Waals surface area contributed by atoms with Crippen LogP contribution in [0.3, 0.4) is 0 Å². The number of nitrogens with zero attached hydrogens (tertiary/aromatic N) is 4. The topological polar surface area (TPSA) is 334 Å². The fourth-order valence-corrected chi connectivity index (χ4v) is 10.5. The Kier molecular flexibility index (Phi) is 31.9. The molecule has 6 amide bonds. The van der Waals surface area contributed by atoms with Crippen molar-refractivity contribution in [3.05, 3.63) is 104 Å². The van der Waals surface area contributed by atoms with E-state index in [0.717, 1.165) is 65.8 Å². The van der Waals surface area contributed by atoms with Gasteiger partial charge in [-0.1, -0.05) is 6.07 Å².